The Labute approximate surface area is 162 Å². The molecule has 3 aliphatic rings. The molecule has 146 valence electrons. The van der Waals surface area contributed by atoms with Crippen LogP contribution in [-0.2, 0) is 4.79 Å². The highest BCUT2D eigenvalue weighted by Gasteiger charge is 2.31. The van der Waals surface area contributed by atoms with Crippen molar-refractivity contribution in [2.45, 2.75) is 44.4 Å². The second-order valence-electron chi connectivity index (χ2n) is 8.26. The van der Waals surface area contributed by atoms with Crippen LogP contribution in [-0.4, -0.2) is 60.9 Å². The lowest BCUT2D eigenvalue weighted by molar-refractivity contribution is -0.138. The molecule has 2 amide bonds. The van der Waals surface area contributed by atoms with Gasteiger partial charge >= 0.3 is 0 Å². The van der Waals surface area contributed by atoms with Gasteiger partial charge in [-0.3, -0.25) is 9.59 Å². The van der Waals surface area contributed by atoms with Gasteiger partial charge in [-0.05, 0) is 62.3 Å². The van der Waals surface area contributed by atoms with Crippen molar-refractivity contribution in [1.29, 1.82) is 0 Å². The fourth-order valence-electron chi connectivity index (χ4n) is 4.47. The zero-order chi connectivity index (χ0) is 18.6. The molecule has 1 N–H and O–H groups in total. The van der Waals surface area contributed by atoms with Crippen molar-refractivity contribution in [2.24, 2.45) is 5.92 Å². The summed E-state index contributed by atoms with van der Waals surface area (Å²) >= 11 is 0. The average molecular weight is 370 g/mol. The predicted molar refractivity (Wildman–Crippen MR) is 106 cm³/mol. The Morgan fingerprint density at radius 2 is 1.59 bits per heavy atom. The number of carbonyl (C=O) groups is 2. The van der Waals surface area contributed by atoms with Gasteiger partial charge in [0.25, 0.3) is 5.91 Å². The molecule has 2 saturated heterocycles. The van der Waals surface area contributed by atoms with Gasteiger partial charge in [0.2, 0.25) is 5.91 Å². The lowest BCUT2D eigenvalue weighted by Gasteiger charge is -2.31. The van der Waals surface area contributed by atoms with E-state index in [4.69, 9.17) is 0 Å². The van der Waals surface area contributed by atoms with E-state index in [9.17, 15) is 9.59 Å². The average Bonchev–Trinajstić information content (AvgIpc) is 2.93. The SMILES string of the molecule is O=C(c1ccc([C@@H]2CCCNC2)cc1)N1CCCN(C(=O)C2CCC2)CC1. The van der Waals surface area contributed by atoms with E-state index in [-0.39, 0.29) is 11.8 Å². The van der Waals surface area contributed by atoms with E-state index in [0.29, 0.717) is 24.9 Å². The Morgan fingerprint density at radius 3 is 2.26 bits per heavy atom. The van der Waals surface area contributed by atoms with Crippen molar-refractivity contribution in [1.82, 2.24) is 15.1 Å². The Hall–Kier alpha value is -1.88. The second-order valence-corrected chi connectivity index (χ2v) is 8.26. The van der Waals surface area contributed by atoms with Crippen LogP contribution in [0.2, 0.25) is 0 Å². The van der Waals surface area contributed by atoms with Crippen molar-refractivity contribution in [3.63, 3.8) is 0 Å². The number of nitrogens with zero attached hydrogens (tertiary/aromatic N) is 2. The lowest BCUT2D eigenvalue weighted by Crippen LogP contribution is -2.41. The molecule has 2 aliphatic heterocycles. The van der Waals surface area contributed by atoms with Crippen molar-refractivity contribution in [3.8, 4) is 0 Å². The minimum Gasteiger partial charge on any atom is -0.341 e. The summed E-state index contributed by atoms with van der Waals surface area (Å²) in [6.07, 6.45) is 6.58. The first-order valence-electron chi connectivity index (χ1n) is 10.6. The molecule has 2 heterocycles. The fraction of sp³-hybridized carbons (Fsp3) is 0.636. The van der Waals surface area contributed by atoms with Gasteiger partial charge in [-0.25, -0.2) is 0 Å². The molecule has 4 rings (SSSR count). The van der Waals surface area contributed by atoms with E-state index in [1.54, 1.807) is 0 Å². The van der Waals surface area contributed by atoms with Gasteiger partial charge in [0.15, 0.2) is 0 Å². The largest absolute Gasteiger partial charge is 0.341 e. The molecular weight excluding hydrogens is 338 g/mol. The van der Waals surface area contributed by atoms with Gasteiger partial charge < -0.3 is 15.1 Å². The quantitative estimate of drug-likeness (QED) is 0.891. The number of nitrogens with one attached hydrogen (secondary N) is 1. The van der Waals surface area contributed by atoms with Crippen LogP contribution in [0.3, 0.4) is 0 Å². The molecule has 0 aromatic heterocycles. The molecule has 1 atom stereocenters. The monoisotopic (exact) mass is 369 g/mol. The summed E-state index contributed by atoms with van der Waals surface area (Å²) in [4.78, 5) is 29.3. The van der Waals surface area contributed by atoms with Crippen LogP contribution in [0.1, 0.15) is 60.4 Å². The number of amides is 2. The summed E-state index contributed by atoms with van der Waals surface area (Å²) in [5, 5.41) is 3.45. The van der Waals surface area contributed by atoms with Crippen LogP contribution in [0.4, 0.5) is 0 Å². The lowest BCUT2D eigenvalue weighted by atomic mass is 9.84. The number of hydrogen-bond donors (Lipinski definition) is 1. The molecule has 3 fully saturated rings. The summed E-state index contributed by atoms with van der Waals surface area (Å²) in [5.41, 5.74) is 2.09. The van der Waals surface area contributed by atoms with Crippen LogP contribution in [0.5, 0.6) is 0 Å². The Kier molecular flexibility index (Phi) is 5.77. The summed E-state index contributed by atoms with van der Waals surface area (Å²) < 4.78 is 0. The molecular formula is C22H31N3O2. The van der Waals surface area contributed by atoms with Gasteiger partial charge in [0.05, 0.1) is 0 Å². The Balaban J connectivity index is 1.35. The van der Waals surface area contributed by atoms with Crippen LogP contribution in [0.25, 0.3) is 0 Å². The summed E-state index contributed by atoms with van der Waals surface area (Å²) in [7, 11) is 0. The maximum atomic E-state index is 12.9. The van der Waals surface area contributed by atoms with Gasteiger partial charge in [0, 0.05) is 44.2 Å². The van der Waals surface area contributed by atoms with Gasteiger partial charge in [-0.2, -0.15) is 0 Å². The molecule has 1 saturated carbocycles. The van der Waals surface area contributed by atoms with Crippen LogP contribution >= 0.6 is 0 Å². The third kappa shape index (κ3) is 4.18. The minimum absolute atomic E-state index is 0.0984. The minimum atomic E-state index is 0.0984. The zero-order valence-electron chi connectivity index (χ0n) is 16.2. The third-order valence-electron chi connectivity index (χ3n) is 6.48. The Morgan fingerprint density at radius 1 is 0.852 bits per heavy atom. The van der Waals surface area contributed by atoms with Crippen molar-refractivity contribution >= 4 is 11.8 Å². The summed E-state index contributed by atoms with van der Waals surface area (Å²) in [6, 6.07) is 8.20. The van der Waals surface area contributed by atoms with Crippen molar-refractivity contribution in [3.05, 3.63) is 35.4 Å². The molecule has 0 unspecified atom stereocenters. The van der Waals surface area contributed by atoms with Gasteiger partial charge in [-0.15, -0.1) is 0 Å². The normalized spacial score (nSPS) is 24.2. The van der Waals surface area contributed by atoms with Gasteiger partial charge in [0.1, 0.15) is 0 Å². The van der Waals surface area contributed by atoms with Crippen LogP contribution < -0.4 is 5.32 Å². The molecule has 5 nitrogen and oxygen atoms in total. The highest BCUT2D eigenvalue weighted by Crippen LogP contribution is 2.29. The number of rotatable bonds is 3. The third-order valence-corrected chi connectivity index (χ3v) is 6.48. The number of piperidine rings is 1. The number of hydrogen-bond acceptors (Lipinski definition) is 3. The van der Waals surface area contributed by atoms with Crippen LogP contribution in [0.15, 0.2) is 24.3 Å². The van der Waals surface area contributed by atoms with E-state index in [0.717, 1.165) is 51.0 Å². The van der Waals surface area contributed by atoms with E-state index in [1.807, 2.05) is 21.9 Å². The molecule has 0 radical (unpaired) electrons. The molecule has 0 spiro atoms. The van der Waals surface area contributed by atoms with E-state index < -0.39 is 0 Å². The predicted octanol–water partition coefficient (Wildman–Crippen LogP) is 2.63. The topological polar surface area (TPSA) is 52.7 Å². The molecule has 1 aliphatic carbocycles. The second kappa shape index (κ2) is 8.42. The highest BCUT2D eigenvalue weighted by atomic mass is 16.2. The summed E-state index contributed by atoms with van der Waals surface area (Å²) in [6.45, 7) is 4.99. The van der Waals surface area contributed by atoms with Crippen molar-refractivity contribution < 1.29 is 9.59 Å². The first kappa shape index (κ1) is 18.5. The Bertz CT molecular complexity index is 663. The van der Waals surface area contributed by atoms with Crippen molar-refractivity contribution in [2.75, 3.05) is 39.3 Å². The first-order valence-corrected chi connectivity index (χ1v) is 10.6. The molecule has 0 bridgehead atoms. The molecule has 5 heteroatoms. The number of benzene rings is 1. The smallest absolute Gasteiger partial charge is 0.253 e. The maximum Gasteiger partial charge on any atom is 0.253 e. The fourth-order valence-corrected chi connectivity index (χ4v) is 4.47. The summed E-state index contributed by atoms with van der Waals surface area (Å²) in [5.74, 6) is 1.21. The molecule has 1 aromatic carbocycles. The van der Waals surface area contributed by atoms with E-state index >= 15 is 0 Å². The van der Waals surface area contributed by atoms with Crippen LogP contribution in [0, 0.1) is 5.92 Å². The standard InChI is InChI=1S/C22H31N3O2/c26-21(18-4-1-5-18)24-12-3-13-25(15-14-24)22(27)19-9-7-17(8-10-19)20-6-2-11-23-16-20/h7-10,18,20,23H,1-6,11-16H2/t20-/m1/s1. The van der Waals surface area contributed by atoms with Gasteiger partial charge in [-0.1, -0.05) is 18.6 Å². The first-order chi connectivity index (χ1) is 13.2. The van der Waals surface area contributed by atoms with E-state index in [2.05, 4.69) is 17.4 Å². The molecule has 27 heavy (non-hydrogen) atoms. The highest BCUT2D eigenvalue weighted by molar-refractivity contribution is 5.94. The zero-order valence-corrected chi connectivity index (χ0v) is 16.2. The maximum absolute atomic E-state index is 12.9. The molecule has 1 aromatic rings. The number of carbonyl (C=O) groups excluding carboxylic acids is 2. The van der Waals surface area contributed by atoms with E-state index in [1.165, 1.54) is 24.8 Å².